The van der Waals surface area contributed by atoms with Gasteiger partial charge in [0.05, 0.1) is 29.5 Å². The van der Waals surface area contributed by atoms with E-state index in [0.29, 0.717) is 38.5 Å². The molecule has 1 saturated heterocycles. The minimum absolute atomic E-state index is 0.241. The van der Waals surface area contributed by atoms with Crippen LogP contribution in [-0.4, -0.2) is 43.6 Å². The van der Waals surface area contributed by atoms with Gasteiger partial charge in [-0.05, 0) is 54.1 Å². The van der Waals surface area contributed by atoms with E-state index in [4.69, 9.17) is 9.73 Å². The van der Waals surface area contributed by atoms with Gasteiger partial charge in [0.15, 0.2) is 4.80 Å². The average molecular weight is 460 g/mol. The van der Waals surface area contributed by atoms with E-state index in [9.17, 15) is 12.8 Å². The first-order valence-corrected chi connectivity index (χ1v) is 12.1. The van der Waals surface area contributed by atoms with E-state index in [1.54, 1.807) is 42.5 Å². The van der Waals surface area contributed by atoms with Crippen LogP contribution in [0.5, 0.6) is 0 Å². The number of morpholine rings is 1. The molecule has 0 unspecified atom stereocenters. The molecule has 1 aliphatic heterocycles. The maximum Gasteiger partial charge on any atom is 0.243 e. The molecule has 0 aliphatic carbocycles. The van der Waals surface area contributed by atoms with Crippen LogP contribution in [-0.2, 0) is 21.3 Å². The van der Waals surface area contributed by atoms with Gasteiger partial charge in [-0.2, -0.15) is 4.31 Å². The lowest BCUT2D eigenvalue weighted by Crippen LogP contribution is -2.40. The van der Waals surface area contributed by atoms with E-state index in [-0.39, 0.29) is 10.7 Å². The molecule has 1 aliphatic rings. The number of rotatable bonds is 6. The van der Waals surface area contributed by atoms with E-state index in [2.05, 4.69) is 6.58 Å². The molecule has 9 heteroatoms. The SMILES string of the molecule is C=CCn1c(-c2ccc(F)cc2)csc1=Nc1ccc(S(=O)(=O)N2CCOCC2)cc1. The second-order valence-electron chi connectivity index (χ2n) is 6.93. The smallest absolute Gasteiger partial charge is 0.243 e. The summed E-state index contributed by atoms with van der Waals surface area (Å²) in [6, 6.07) is 12.9. The quantitative estimate of drug-likeness (QED) is 0.527. The molecule has 31 heavy (non-hydrogen) atoms. The van der Waals surface area contributed by atoms with Crippen LogP contribution in [0, 0.1) is 5.82 Å². The molecule has 162 valence electrons. The number of halogens is 1. The Bertz CT molecular complexity index is 1220. The van der Waals surface area contributed by atoms with Crippen LogP contribution in [0.25, 0.3) is 11.3 Å². The Morgan fingerprint density at radius 3 is 2.42 bits per heavy atom. The van der Waals surface area contributed by atoms with Crippen molar-refractivity contribution in [3.63, 3.8) is 0 Å². The Morgan fingerprint density at radius 1 is 1.10 bits per heavy atom. The van der Waals surface area contributed by atoms with Crippen LogP contribution in [0.3, 0.4) is 0 Å². The van der Waals surface area contributed by atoms with Gasteiger partial charge in [0, 0.05) is 25.0 Å². The van der Waals surface area contributed by atoms with Crippen LogP contribution < -0.4 is 4.80 Å². The second kappa shape index (κ2) is 9.27. The van der Waals surface area contributed by atoms with Crippen molar-refractivity contribution in [2.45, 2.75) is 11.4 Å². The van der Waals surface area contributed by atoms with Gasteiger partial charge in [-0.3, -0.25) is 0 Å². The van der Waals surface area contributed by atoms with Crippen molar-refractivity contribution in [1.29, 1.82) is 0 Å². The zero-order chi connectivity index (χ0) is 21.8. The summed E-state index contributed by atoms with van der Waals surface area (Å²) in [6.45, 7) is 5.89. The lowest BCUT2D eigenvalue weighted by molar-refractivity contribution is 0.0730. The minimum atomic E-state index is -3.54. The largest absolute Gasteiger partial charge is 0.379 e. The number of allylic oxidation sites excluding steroid dienone is 1. The molecule has 0 atom stereocenters. The highest BCUT2D eigenvalue weighted by Crippen LogP contribution is 2.23. The molecule has 0 radical (unpaired) electrons. The lowest BCUT2D eigenvalue weighted by atomic mass is 10.2. The molecule has 2 aromatic carbocycles. The Labute approximate surface area is 184 Å². The van der Waals surface area contributed by atoms with E-state index >= 15 is 0 Å². The number of hydrogen-bond donors (Lipinski definition) is 0. The van der Waals surface area contributed by atoms with Crippen LogP contribution >= 0.6 is 11.3 Å². The zero-order valence-corrected chi connectivity index (χ0v) is 18.4. The predicted octanol–water partition coefficient (Wildman–Crippen LogP) is 3.80. The van der Waals surface area contributed by atoms with Crippen LogP contribution in [0.2, 0.25) is 0 Å². The van der Waals surface area contributed by atoms with Gasteiger partial charge in [-0.25, -0.2) is 17.8 Å². The van der Waals surface area contributed by atoms with Crippen molar-refractivity contribution < 1.29 is 17.5 Å². The summed E-state index contributed by atoms with van der Waals surface area (Å²) in [5, 5.41) is 1.97. The van der Waals surface area contributed by atoms with E-state index in [0.717, 1.165) is 16.1 Å². The standard InChI is InChI=1S/C22H22FN3O3S2/c1-2-11-26-21(17-3-5-18(23)6-4-17)16-30-22(26)24-19-7-9-20(10-8-19)31(27,28)25-12-14-29-15-13-25/h2-10,16H,1,11-15H2. The molecule has 4 rings (SSSR count). The van der Waals surface area contributed by atoms with Crippen molar-refractivity contribution in [3.8, 4) is 11.3 Å². The summed E-state index contributed by atoms with van der Waals surface area (Å²) in [6.07, 6.45) is 1.77. The topological polar surface area (TPSA) is 63.9 Å². The van der Waals surface area contributed by atoms with Gasteiger partial charge < -0.3 is 9.30 Å². The highest BCUT2D eigenvalue weighted by atomic mass is 32.2. The third kappa shape index (κ3) is 4.69. The number of thiazole rings is 1. The molecular weight excluding hydrogens is 437 g/mol. The van der Waals surface area contributed by atoms with Gasteiger partial charge in [0.25, 0.3) is 0 Å². The number of benzene rings is 2. The van der Waals surface area contributed by atoms with E-state index < -0.39 is 10.0 Å². The minimum Gasteiger partial charge on any atom is -0.379 e. The van der Waals surface area contributed by atoms with Crippen molar-refractivity contribution in [2.24, 2.45) is 4.99 Å². The van der Waals surface area contributed by atoms with E-state index in [1.165, 1.54) is 27.8 Å². The highest BCUT2D eigenvalue weighted by molar-refractivity contribution is 7.89. The molecule has 1 aromatic heterocycles. The number of hydrogen-bond acceptors (Lipinski definition) is 5. The summed E-state index contributed by atoms with van der Waals surface area (Å²) in [5.41, 5.74) is 2.44. The summed E-state index contributed by atoms with van der Waals surface area (Å²) in [5.74, 6) is -0.286. The molecule has 3 aromatic rings. The third-order valence-corrected chi connectivity index (χ3v) is 7.70. The number of aromatic nitrogens is 1. The zero-order valence-electron chi connectivity index (χ0n) is 16.8. The van der Waals surface area contributed by atoms with Crippen LogP contribution in [0.1, 0.15) is 0 Å². The molecule has 1 fully saturated rings. The number of ether oxygens (including phenoxy) is 1. The normalized spacial score (nSPS) is 15.8. The predicted molar refractivity (Wildman–Crippen MR) is 119 cm³/mol. The average Bonchev–Trinajstić information content (AvgIpc) is 3.18. The fourth-order valence-corrected chi connectivity index (χ4v) is 5.66. The molecule has 6 nitrogen and oxygen atoms in total. The number of nitrogens with zero attached hydrogens (tertiary/aromatic N) is 3. The molecule has 2 heterocycles. The van der Waals surface area contributed by atoms with Crippen molar-refractivity contribution in [1.82, 2.24) is 8.87 Å². The van der Waals surface area contributed by atoms with Crippen molar-refractivity contribution in [3.05, 3.63) is 77.2 Å². The van der Waals surface area contributed by atoms with Gasteiger partial charge in [0.1, 0.15) is 5.82 Å². The Balaban J connectivity index is 1.65. The second-order valence-corrected chi connectivity index (χ2v) is 9.71. The van der Waals surface area contributed by atoms with Crippen molar-refractivity contribution in [2.75, 3.05) is 26.3 Å². The molecule has 0 N–H and O–H groups in total. The summed E-state index contributed by atoms with van der Waals surface area (Å²) in [4.78, 5) is 5.67. The molecule has 0 amide bonds. The van der Waals surface area contributed by atoms with E-state index in [1.807, 2.05) is 9.95 Å². The maximum absolute atomic E-state index is 13.3. The maximum atomic E-state index is 13.3. The third-order valence-electron chi connectivity index (χ3n) is 4.92. The fourth-order valence-electron chi connectivity index (χ4n) is 3.31. The Kier molecular flexibility index (Phi) is 6.47. The Morgan fingerprint density at radius 2 is 1.77 bits per heavy atom. The first-order valence-electron chi connectivity index (χ1n) is 9.77. The van der Waals surface area contributed by atoms with Gasteiger partial charge >= 0.3 is 0 Å². The van der Waals surface area contributed by atoms with Gasteiger partial charge in [0.2, 0.25) is 10.0 Å². The first kappa shape index (κ1) is 21.6. The molecule has 0 spiro atoms. The summed E-state index contributed by atoms with van der Waals surface area (Å²) >= 11 is 1.46. The highest BCUT2D eigenvalue weighted by Gasteiger charge is 2.26. The van der Waals surface area contributed by atoms with Crippen LogP contribution in [0.15, 0.2) is 76.5 Å². The lowest BCUT2D eigenvalue weighted by Gasteiger charge is -2.26. The van der Waals surface area contributed by atoms with Crippen LogP contribution in [0.4, 0.5) is 10.1 Å². The summed E-state index contributed by atoms with van der Waals surface area (Å²) in [7, 11) is -3.54. The first-order chi connectivity index (χ1) is 15.0. The number of sulfonamides is 1. The summed E-state index contributed by atoms with van der Waals surface area (Å²) < 4.78 is 47.5. The molecule has 0 saturated carbocycles. The van der Waals surface area contributed by atoms with Gasteiger partial charge in [-0.1, -0.05) is 6.08 Å². The Hall–Kier alpha value is -2.59. The molecule has 0 bridgehead atoms. The van der Waals surface area contributed by atoms with Gasteiger partial charge in [-0.15, -0.1) is 17.9 Å². The fraction of sp³-hybridized carbons (Fsp3) is 0.227. The molecular formula is C22H22FN3O3S2. The monoisotopic (exact) mass is 459 g/mol. The van der Waals surface area contributed by atoms with Crippen molar-refractivity contribution >= 4 is 27.0 Å².